The standard InChI is InChI=1S/C13H29N5O/c1-14-5-6-17-8-10-18(9-7-16(3)4)12(11-17)13(19)15-2/h12,14H,5-11H2,1-4H3,(H,15,19)/t12-/m1/s1. The number of nitrogens with one attached hydrogen (secondary N) is 2. The van der Waals surface area contributed by atoms with E-state index >= 15 is 0 Å². The molecule has 0 aromatic rings. The molecule has 1 saturated heterocycles. The summed E-state index contributed by atoms with van der Waals surface area (Å²) >= 11 is 0. The van der Waals surface area contributed by atoms with Crippen molar-refractivity contribution in [1.82, 2.24) is 25.3 Å². The van der Waals surface area contributed by atoms with Crippen molar-refractivity contribution in [3.05, 3.63) is 0 Å². The van der Waals surface area contributed by atoms with E-state index in [9.17, 15) is 4.79 Å². The average molecular weight is 271 g/mol. The van der Waals surface area contributed by atoms with Crippen LogP contribution in [-0.2, 0) is 4.79 Å². The first-order chi connectivity index (χ1) is 9.08. The second-order valence-corrected chi connectivity index (χ2v) is 5.37. The second kappa shape index (κ2) is 8.47. The van der Waals surface area contributed by atoms with E-state index in [1.54, 1.807) is 7.05 Å². The monoisotopic (exact) mass is 271 g/mol. The van der Waals surface area contributed by atoms with E-state index in [1.807, 2.05) is 7.05 Å². The Morgan fingerprint density at radius 3 is 2.58 bits per heavy atom. The number of carbonyl (C=O) groups is 1. The molecule has 0 unspecified atom stereocenters. The number of piperazine rings is 1. The summed E-state index contributed by atoms with van der Waals surface area (Å²) in [5.41, 5.74) is 0. The van der Waals surface area contributed by atoms with Gasteiger partial charge in [-0.1, -0.05) is 0 Å². The molecule has 1 aliphatic rings. The second-order valence-electron chi connectivity index (χ2n) is 5.37. The first-order valence-corrected chi connectivity index (χ1v) is 7.05. The van der Waals surface area contributed by atoms with E-state index in [-0.39, 0.29) is 11.9 Å². The molecular formula is C13H29N5O. The Balaban J connectivity index is 2.54. The predicted octanol–water partition coefficient (Wildman–Crippen LogP) is -1.50. The molecule has 1 fully saturated rings. The normalized spacial score (nSPS) is 21.8. The SMILES string of the molecule is CNCCN1CCN(CCN(C)C)[C@@H](C(=O)NC)C1. The van der Waals surface area contributed by atoms with Crippen molar-refractivity contribution in [2.24, 2.45) is 0 Å². The van der Waals surface area contributed by atoms with Crippen LogP contribution in [0.3, 0.4) is 0 Å². The lowest BCUT2D eigenvalue weighted by Crippen LogP contribution is -2.60. The average Bonchev–Trinajstić information content (AvgIpc) is 2.42. The fourth-order valence-corrected chi connectivity index (χ4v) is 2.36. The lowest BCUT2D eigenvalue weighted by Gasteiger charge is -2.40. The predicted molar refractivity (Wildman–Crippen MR) is 78.3 cm³/mol. The Kier molecular flexibility index (Phi) is 7.30. The van der Waals surface area contributed by atoms with Crippen LogP contribution in [0.2, 0.25) is 0 Å². The zero-order chi connectivity index (χ0) is 14.3. The maximum absolute atomic E-state index is 12.0. The summed E-state index contributed by atoms with van der Waals surface area (Å²) in [5, 5.41) is 5.95. The highest BCUT2D eigenvalue weighted by atomic mass is 16.2. The Morgan fingerprint density at radius 1 is 1.26 bits per heavy atom. The van der Waals surface area contributed by atoms with Gasteiger partial charge in [0.2, 0.25) is 5.91 Å². The van der Waals surface area contributed by atoms with Gasteiger partial charge in [0.25, 0.3) is 0 Å². The number of hydrogen-bond donors (Lipinski definition) is 2. The number of carbonyl (C=O) groups excluding carboxylic acids is 1. The van der Waals surface area contributed by atoms with Gasteiger partial charge < -0.3 is 15.5 Å². The molecule has 1 rings (SSSR count). The molecule has 0 aromatic heterocycles. The van der Waals surface area contributed by atoms with Crippen molar-refractivity contribution in [3.8, 4) is 0 Å². The summed E-state index contributed by atoms with van der Waals surface area (Å²) in [6, 6.07) is -0.0180. The van der Waals surface area contributed by atoms with Gasteiger partial charge in [-0.25, -0.2) is 0 Å². The van der Waals surface area contributed by atoms with Crippen LogP contribution in [0, 0.1) is 0 Å². The van der Waals surface area contributed by atoms with Crippen molar-refractivity contribution in [1.29, 1.82) is 0 Å². The molecule has 0 spiro atoms. The molecule has 0 aromatic carbocycles. The Labute approximate surface area is 117 Å². The number of likely N-dealkylation sites (N-methyl/N-ethyl adjacent to an activating group) is 3. The Bertz CT molecular complexity index is 272. The minimum Gasteiger partial charge on any atom is -0.358 e. The van der Waals surface area contributed by atoms with Crippen molar-refractivity contribution >= 4 is 5.91 Å². The number of rotatable bonds is 7. The smallest absolute Gasteiger partial charge is 0.238 e. The zero-order valence-corrected chi connectivity index (χ0v) is 12.8. The topological polar surface area (TPSA) is 50.9 Å². The first kappa shape index (κ1) is 16.4. The maximum atomic E-state index is 12.0. The molecular weight excluding hydrogens is 242 g/mol. The quantitative estimate of drug-likeness (QED) is 0.590. The molecule has 1 heterocycles. The van der Waals surface area contributed by atoms with Crippen molar-refractivity contribution < 1.29 is 4.79 Å². The van der Waals surface area contributed by atoms with Crippen LogP contribution in [0.15, 0.2) is 0 Å². The van der Waals surface area contributed by atoms with E-state index < -0.39 is 0 Å². The molecule has 1 aliphatic heterocycles. The van der Waals surface area contributed by atoms with E-state index in [0.717, 1.165) is 45.8 Å². The van der Waals surface area contributed by atoms with Crippen LogP contribution in [0.4, 0.5) is 0 Å². The zero-order valence-electron chi connectivity index (χ0n) is 12.8. The summed E-state index contributed by atoms with van der Waals surface area (Å²) in [5.74, 6) is 0.132. The third kappa shape index (κ3) is 5.44. The Hall–Kier alpha value is -0.690. The van der Waals surface area contributed by atoms with Crippen molar-refractivity contribution in [2.45, 2.75) is 6.04 Å². The molecule has 1 amide bonds. The lowest BCUT2D eigenvalue weighted by atomic mass is 10.1. The van der Waals surface area contributed by atoms with Crippen LogP contribution >= 0.6 is 0 Å². The largest absolute Gasteiger partial charge is 0.358 e. The van der Waals surface area contributed by atoms with Gasteiger partial charge in [0.1, 0.15) is 6.04 Å². The summed E-state index contributed by atoms with van der Waals surface area (Å²) in [6.45, 7) is 6.76. The maximum Gasteiger partial charge on any atom is 0.238 e. The molecule has 0 radical (unpaired) electrons. The highest BCUT2D eigenvalue weighted by molar-refractivity contribution is 5.81. The van der Waals surface area contributed by atoms with E-state index in [0.29, 0.717) is 0 Å². The van der Waals surface area contributed by atoms with Crippen LogP contribution in [0.1, 0.15) is 0 Å². The van der Waals surface area contributed by atoms with Crippen LogP contribution in [0.25, 0.3) is 0 Å². The molecule has 0 aliphatic carbocycles. The highest BCUT2D eigenvalue weighted by Crippen LogP contribution is 2.09. The van der Waals surface area contributed by atoms with Gasteiger partial charge in [-0.05, 0) is 21.1 Å². The Morgan fingerprint density at radius 2 is 2.00 bits per heavy atom. The third-order valence-electron chi connectivity index (χ3n) is 3.64. The fourth-order valence-electron chi connectivity index (χ4n) is 2.36. The van der Waals surface area contributed by atoms with E-state index in [2.05, 4.69) is 39.4 Å². The van der Waals surface area contributed by atoms with Crippen molar-refractivity contribution in [2.75, 3.05) is 74.0 Å². The minimum absolute atomic E-state index is 0.0180. The number of amides is 1. The van der Waals surface area contributed by atoms with E-state index in [1.165, 1.54) is 0 Å². The number of hydrogen-bond acceptors (Lipinski definition) is 5. The number of nitrogens with zero attached hydrogens (tertiary/aromatic N) is 3. The van der Waals surface area contributed by atoms with Gasteiger partial charge >= 0.3 is 0 Å². The minimum atomic E-state index is -0.0180. The van der Waals surface area contributed by atoms with Gasteiger partial charge in [-0.2, -0.15) is 0 Å². The molecule has 6 heteroatoms. The highest BCUT2D eigenvalue weighted by Gasteiger charge is 2.31. The van der Waals surface area contributed by atoms with Crippen LogP contribution in [-0.4, -0.2) is 101 Å². The van der Waals surface area contributed by atoms with Gasteiger partial charge in [-0.15, -0.1) is 0 Å². The van der Waals surface area contributed by atoms with Crippen LogP contribution < -0.4 is 10.6 Å². The molecule has 6 nitrogen and oxygen atoms in total. The molecule has 2 N–H and O–H groups in total. The van der Waals surface area contributed by atoms with Gasteiger partial charge in [0, 0.05) is 52.9 Å². The summed E-state index contributed by atoms with van der Waals surface area (Å²) in [6.07, 6.45) is 0. The summed E-state index contributed by atoms with van der Waals surface area (Å²) in [4.78, 5) is 18.9. The van der Waals surface area contributed by atoms with Gasteiger partial charge in [0.05, 0.1) is 0 Å². The van der Waals surface area contributed by atoms with Crippen molar-refractivity contribution in [3.63, 3.8) is 0 Å². The third-order valence-corrected chi connectivity index (χ3v) is 3.64. The lowest BCUT2D eigenvalue weighted by molar-refractivity contribution is -0.128. The van der Waals surface area contributed by atoms with Crippen LogP contribution in [0.5, 0.6) is 0 Å². The molecule has 1 atom stereocenters. The molecule has 19 heavy (non-hydrogen) atoms. The summed E-state index contributed by atoms with van der Waals surface area (Å²) < 4.78 is 0. The first-order valence-electron chi connectivity index (χ1n) is 7.05. The van der Waals surface area contributed by atoms with E-state index in [4.69, 9.17) is 0 Å². The molecule has 0 bridgehead atoms. The fraction of sp³-hybridized carbons (Fsp3) is 0.923. The summed E-state index contributed by atoms with van der Waals surface area (Å²) in [7, 11) is 7.82. The van der Waals surface area contributed by atoms with Gasteiger partial charge in [0.15, 0.2) is 0 Å². The molecule has 112 valence electrons. The molecule has 0 saturated carbocycles. The van der Waals surface area contributed by atoms with Gasteiger partial charge in [-0.3, -0.25) is 14.6 Å².